The first kappa shape index (κ1) is 16.3. The standard InChI is InChI=1S/C14H18N2O5S/c1-15(9-13(17)18)14(19)11-5-6-12-10(8-11)4-3-7-16(12)22(2,20)21/h5-6,8H,3-4,7,9H2,1-2H3,(H,17,18). The van der Waals surface area contributed by atoms with Crippen LogP contribution in [0.15, 0.2) is 18.2 Å². The zero-order valence-corrected chi connectivity index (χ0v) is 13.3. The highest BCUT2D eigenvalue weighted by Gasteiger charge is 2.25. The summed E-state index contributed by atoms with van der Waals surface area (Å²) in [6, 6.07) is 4.79. The van der Waals surface area contributed by atoms with Gasteiger partial charge in [0, 0.05) is 19.2 Å². The molecule has 0 unspecified atom stereocenters. The number of fused-ring (bicyclic) bond motifs is 1. The number of hydrogen-bond donors (Lipinski definition) is 1. The number of carbonyl (C=O) groups is 2. The van der Waals surface area contributed by atoms with Crippen LogP contribution in [0.3, 0.4) is 0 Å². The molecule has 0 aliphatic carbocycles. The Kier molecular flexibility index (Phi) is 4.41. The molecule has 0 fully saturated rings. The number of nitrogens with zero attached hydrogens (tertiary/aromatic N) is 2. The van der Waals surface area contributed by atoms with Gasteiger partial charge in [-0.1, -0.05) is 0 Å². The molecule has 0 saturated carbocycles. The number of carboxylic acid groups (broad SMARTS) is 1. The van der Waals surface area contributed by atoms with Gasteiger partial charge in [0.05, 0.1) is 11.9 Å². The van der Waals surface area contributed by atoms with Gasteiger partial charge in [-0.3, -0.25) is 13.9 Å². The van der Waals surface area contributed by atoms with Crippen molar-refractivity contribution in [3.63, 3.8) is 0 Å². The van der Waals surface area contributed by atoms with E-state index >= 15 is 0 Å². The number of benzene rings is 1. The summed E-state index contributed by atoms with van der Waals surface area (Å²) in [4.78, 5) is 24.0. The van der Waals surface area contributed by atoms with Crippen LogP contribution >= 0.6 is 0 Å². The number of aryl methyl sites for hydroxylation is 1. The number of carboxylic acids is 1. The Morgan fingerprint density at radius 3 is 2.64 bits per heavy atom. The van der Waals surface area contributed by atoms with E-state index in [9.17, 15) is 18.0 Å². The fraction of sp³-hybridized carbons (Fsp3) is 0.429. The Labute approximate surface area is 129 Å². The Bertz CT molecular complexity index is 714. The summed E-state index contributed by atoms with van der Waals surface area (Å²) in [5, 5.41) is 8.73. The van der Waals surface area contributed by atoms with Crippen molar-refractivity contribution in [3.8, 4) is 0 Å². The molecule has 120 valence electrons. The van der Waals surface area contributed by atoms with Crippen molar-refractivity contribution >= 4 is 27.6 Å². The lowest BCUT2D eigenvalue weighted by atomic mass is 10.0. The van der Waals surface area contributed by atoms with Gasteiger partial charge >= 0.3 is 5.97 Å². The molecule has 22 heavy (non-hydrogen) atoms. The molecule has 0 spiro atoms. The smallest absolute Gasteiger partial charge is 0.323 e. The van der Waals surface area contributed by atoms with E-state index in [0.717, 1.165) is 16.7 Å². The van der Waals surface area contributed by atoms with Gasteiger partial charge in [0.2, 0.25) is 10.0 Å². The molecule has 7 nitrogen and oxygen atoms in total. The van der Waals surface area contributed by atoms with Crippen LogP contribution in [0.25, 0.3) is 0 Å². The minimum Gasteiger partial charge on any atom is -0.480 e. The van der Waals surface area contributed by atoms with Gasteiger partial charge in [-0.05, 0) is 36.6 Å². The highest BCUT2D eigenvalue weighted by Crippen LogP contribution is 2.30. The summed E-state index contributed by atoms with van der Waals surface area (Å²) >= 11 is 0. The number of sulfonamides is 1. The minimum absolute atomic E-state index is 0.359. The summed E-state index contributed by atoms with van der Waals surface area (Å²) in [5.74, 6) is -1.49. The lowest BCUT2D eigenvalue weighted by molar-refractivity contribution is -0.137. The molecule has 1 aliphatic heterocycles. The van der Waals surface area contributed by atoms with E-state index in [1.54, 1.807) is 12.1 Å². The fourth-order valence-corrected chi connectivity index (χ4v) is 3.53. The first-order chi connectivity index (χ1) is 10.2. The molecule has 2 rings (SSSR count). The van der Waals surface area contributed by atoms with Gasteiger partial charge in [-0.2, -0.15) is 0 Å². The summed E-state index contributed by atoms with van der Waals surface area (Å²) in [7, 11) is -1.93. The molecule has 0 bridgehead atoms. The monoisotopic (exact) mass is 326 g/mol. The normalized spacial score (nSPS) is 14.4. The third-order valence-electron chi connectivity index (χ3n) is 3.52. The van der Waals surface area contributed by atoms with Gasteiger partial charge in [0.1, 0.15) is 6.54 Å². The Hall–Kier alpha value is -2.09. The van der Waals surface area contributed by atoms with Crippen molar-refractivity contribution in [1.82, 2.24) is 4.90 Å². The van der Waals surface area contributed by atoms with Gasteiger partial charge in [0.15, 0.2) is 0 Å². The quantitative estimate of drug-likeness (QED) is 0.872. The van der Waals surface area contributed by atoms with Crippen molar-refractivity contribution in [3.05, 3.63) is 29.3 Å². The number of aliphatic carboxylic acids is 1. The molecule has 1 aromatic carbocycles. The summed E-state index contributed by atoms with van der Waals surface area (Å²) < 4.78 is 24.9. The van der Waals surface area contributed by atoms with Gasteiger partial charge < -0.3 is 10.0 Å². The molecule has 1 N–H and O–H groups in total. The van der Waals surface area contributed by atoms with Crippen molar-refractivity contribution in [2.24, 2.45) is 0 Å². The van der Waals surface area contributed by atoms with Crippen LogP contribution in [0.1, 0.15) is 22.3 Å². The number of carbonyl (C=O) groups excluding carboxylic acids is 1. The molecule has 0 saturated heterocycles. The minimum atomic E-state index is -3.34. The van der Waals surface area contributed by atoms with Crippen LogP contribution in [-0.2, 0) is 21.2 Å². The summed E-state index contributed by atoms with van der Waals surface area (Å²) in [5.41, 5.74) is 1.73. The van der Waals surface area contributed by atoms with E-state index in [1.807, 2.05) is 0 Å². The number of amides is 1. The average molecular weight is 326 g/mol. The molecule has 1 aliphatic rings. The summed E-state index contributed by atoms with van der Waals surface area (Å²) in [6.45, 7) is 0.0451. The van der Waals surface area contributed by atoms with E-state index in [-0.39, 0.29) is 6.54 Å². The van der Waals surface area contributed by atoms with Crippen LogP contribution in [0.4, 0.5) is 5.69 Å². The maximum absolute atomic E-state index is 12.2. The van der Waals surface area contributed by atoms with Crippen LogP contribution in [0.2, 0.25) is 0 Å². The Balaban J connectivity index is 2.32. The maximum Gasteiger partial charge on any atom is 0.323 e. The highest BCUT2D eigenvalue weighted by molar-refractivity contribution is 7.92. The molecule has 1 heterocycles. The Morgan fingerprint density at radius 2 is 2.05 bits per heavy atom. The van der Waals surface area contributed by atoms with Crippen LogP contribution in [0, 0.1) is 0 Å². The molecule has 0 atom stereocenters. The zero-order chi connectivity index (χ0) is 16.5. The molecule has 8 heteroatoms. The van der Waals surface area contributed by atoms with Crippen molar-refractivity contribution in [2.75, 3.05) is 30.7 Å². The molecule has 1 aromatic rings. The van der Waals surface area contributed by atoms with E-state index in [1.165, 1.54) is 17.4 Å². The van der Waals surface area contributed by atoms with E-state index < -0.39 is 21.9 Å². The maximum atomic E-state index is 12.2. The van der Waals surface area contributed by atoms with Crippen molar-refractivity contribution in [2.45, 2.75) is 12.8 Å². The van der Waals surface area contributed by atoms with Gasteiger partial charge in [-0.15, -0.1) is 0 Å². The highest BCUT2D eigenvalue weighted by atomic mass is 32.2. The molecular weight excluding hydrogens is 308 g/mol. The third kappa shape index (κ3) is 3.38. The third-order valence-corrected chi connectivity index (χ3v) is 4.70. The van der Waals surface area contributed by atoms with Crippen molar-refractivity contribution in [1.29, 1.82) is 0 Å². The molecule has 0 aromatic heterocycles. The predicted octanol–water partition coefficient (Wildman–Crippen LogP) is 0.555. The van der Waals surface area contributed by atoms with E-state index in [4.69, 9.17) is 5.11 Å². The summed E-state index contributed by atoms with van der Waals surface area (Å²) in [6.07, 6.45) is 2.52. The molecule has 0 radical (unpaired) electrons. The number of likely N-dealkylation sites (N-methyl/N-ethyl adjacent to an activating group) is 1. The lowest BCUT2D eigenvalue weighted by Crippen LogP contribution is -2.35. The van der Waals surface area contributed by atoms with Gasteiger partial charge in [0.25, 0.3) is 5.91 Å². The second kappa shape index (κ2) is 5.96. The van der Waals surface area contributed by atoms with E-state index in [2.05, 4.69) is 0 Å². The zero-order valence-electron chi connectivity index (χ0n) is 12.4. The fourth-order valence-electron chi connectivity index (χ4n) is 2.54. The molecular formula is C14H18N2O5S. The second-order valence-electron chi connectivity index (χ2n) is 5.34. The number of rotatable bonds is 4. The van der Waals surface area contributed by atoms with Crippen molar-refractivity contribution < 1.29 is 23.1 Å². The number of anilines is 1. The van der Waals surface area contributed by atoms with Crippen LogP contribution in [-0.4, -0.2) is 56.7 Å². The van der Waals surface area contributed by atoms with Crippen LogP contribution in [0.5, 0.6) is 0 Å². The lowest BCUT2D eigenvalue weighted by Gasteiger charge is -2.29. The number of hydrogen-bond acceptors (Lipinski definition) is 4. The van der Waals surface area contributed by atoms with E-state index in [0.29, 0.717) is 30.6 Å². The molecule has 1 amide bonds. The SMILES string of the molecule is CN(CC(=O)O)C(=O)c1ccc2c(c1)CCCN2S(C)(=O)=O. The predicted molar refractivity (Wildman–Crippen MR) is 81.5 cm³/mol. The first-order valence-electron chi connectivity index (χ1n) is 6.78. The topological polar surface area (TPSA) is 95.0 Å². The second-order valence-corrected chi connectivity index (χ2v) is 7.24. The average Bonchev–Trinajstić information content (AvgIpc) is 2.43. The van der Waals surface area contributed by atoms with Crippen LogP contribution < -0.4 is 4.31 Å². The largest absolute Gasteiger partial charge is 0.480 e. The first-order valence-corrected chi connectivity index (χ1v) is 8.63. The Morgan fingerprint density at radius 1 is 1.36 bits per heavy atom. The van der Waals surface area contributed by atoms with Gasteiger partial charge in [-0.25, -0.2) is 8.42 Å².